The fourth-order valence-corrected chi connectivity index (χ4v) is 2.81. The minimum absolute atomic E-state index is 0.256. The third kappa shape index (κ3) is 3.80. The fourth-order valence-electron chi connectivity index (χ4n) is 1.25. The second-order valence-electron chi connectivity index (χ2n) is 3.02. The van der Waals surface area contributed by atoms with Crippen LogP contribution in [0.15, 0.2) is 30.3 Å². The van der Waals surface area contributed by atoms with Crippen LogP contribution >= 0.6 is 7.37 Å². The van der Waals surface area contributed by atoms with Gasteiger partial charge in [-0.2, -0.15) is 4.79 Å². The van der Waals surface area contributed by atoms with Crippen LogP contribution in [0.5, 0.6) is 0 Å². The summed E-state index contributed by atoms with van der Waals surface area (Å²) < 4.78 is 17.2. The van der Waals surface area contributed by atoms with Crippen LogP contribution in [-0.4, -0.2) is 17.4 Å². The Labute approximate surface area is 89.0 Å². The third-order valence-electron chi connectivity index (χ3n) is 1.82. The largest absolute Gasteiger partial charge is 0.361 e. The van der Waals surface area contributed by atoms with Crippen molar-refractivity contribution < 1.29 is 13.9 Å². The Kier molecular flexibility index (Phi) is 4.44. The molecular formula is C10H13N2O2P. The lowest BCUT2D eigenvalue weighted by Crippen LogP contribution is -1.96. The predicted octanol–water partition coefficient (Wildman–Crippen LogP) is 2.76. The Bertz CT molecular complexity index is 399. The van der Waals surface area contributed by atoms with E-state index in [9.17, 15) is 4.57 Å². The van der Waals surface area contributed by atoms with Crippen LogP contribution in [-0.2, 0) is 15.3 Å². The molecule has 1 aromatic carbocycles. The van der Waals surface area contributed by atoms with E-state index >= 15 is 0 Å². The highest BCUT2D eigenvalue weighted by Crippen LogP contribution is 2.46. The van der Waals surface area contributed by atoms with Crippen molar-refractivity contribution in [2.45, 2.75) is 13.1 Å². The van der Waals surface area contributed by atoms with Crippen LogP contribution in [0.4, 0.5) is 0 Å². The Morgan fingerprint density at radius 1 is 1.47 bits per heavy atom. The second kappa shape index (κ2) is 5.62. The highest BCUT2D eigenvalue weighted by molar-refractivity contribution is 7.73. The molecule has 0 aliphatic heterocycles. The smallest absolute Gasteiger partial charge is 0.339 e. The van der Waals surface area contributed by atoms with Gasteiger partial charge in [0, 0.05) is 0 Å². The second-order valence-corrected chi connectivity index (χ2v) is 5.28. The Morgan fingerprint density at radius 2 is 2.13 bits per heavy atom. The van der Waals surface area contributed by atoms with Crippen molar-refractivity contribution in [3.05, 3.63) is 41.4 Å². The van der Waals surface area contributed by atoms with E-state index in [2.05, 4.69) is 4.79 Å². The van der Waals surface area contributed by atoms with E-state index in [4.69, 9.17) is 10.1 Å². The van der Waals surface area contributed by atoms with E-state index in [0.717, 1.165) is 11.5 Å². The quantitative estimate of drug-likeness (QED) is 0.334. The number of benzene rings is 1. The monoisotopic (exact) mass is 224 g/mol. The van der Waals surface area contributed by atoms with Gasteiger partial charge in [-0.15, -0.1) is 0 Å². The lowest BCUT2D eigenvalue weighted by molar-refractivity contribution is 0.00627. The fraction of sp³-hybridized carbons (Fsp3) is 0.300. The van der Waals surface area contributed by atoms with E-state index < -0.39 is 7.37 Å². The minimum atomic E-state index is -2.98. The van der Waals surface area contributed by atoms with Crippen LogP contribution in [0, 0.1) is 0 Å². The molecule has 0 saturated heterocycles. The predicted molar refractivity (Wildman–Crippen MR) is 59.1 cm³/mol. The number of nitrogens with zero attached hydrogens (tertiary/aromatic N) is 2. The van der Waals surface area contributed by atoms with Crippen molar-refractivity contribution >= 4 is 13.3 Å². The van der Waals surface area contributed by atoms with Gasteiger partial charge >= 0.3 is 13.3 Å². The molecule has 0 fully saturated rings. The van der Waals surface area contributed by atoms with E-state index in [1.54, 1.807) is 6.92 Å². The van der Waals surface area contributed by atoms with Crippen molar-refractivity contribution in [2.75, 3.05) is 6.61 Å². The first-order valence-electron chi connectivity index (χ1n) is 4.66. The summed E-state index contributed by atoms with van der Waals surface area (Å²) in [4.78, 5) is 2.81. The van der Waals surface area contributed by atoms with Crippen molar-refractivity contribution in [1.82, 2.24) is 0 Å². The SMILES string of the molecule is CCOP(=O)(C=[N+]=[N-])Cc1ccccc1. The van der Waals surface area contributed by atoms with Gasteiger partial charge in [0.2, 0.25) is 0 Å². The molecule has 1 atom stereocenters. The topological polar surface area (TPSA) is 62.7 Å². The lowest BCUT2D eigenvalue weighted by Gasteiger charge is -2.08. The molecule has 1 unspecified atom stereocenters. The highest BCUT2D eigenvalue weighted by atomic mass is 31.2. The first-order chi connectivity index (χ1) is 7.20. The molecule has 0 N–H and O–H groups in total. The van der Waals surface area contributed by atoms with Gasteiger partial charge in [-0.1, -0.05) is 30.3 Å². The summed E-state index contributed by atoms with van der Waals surface area (Å²) in [5, 5.41) is 0. The Morgan fingerprint density at radius 3 is 2.67 bits per heavy atom. The van der Waals surface area contributed by atoms with Gasteiger partial charge in [-0.05, 0) is 12.5 Å². The summed E-state index contributed by atoms with van der Waals surface area (Å²) in [6.07, 6.45) is 0.256. The summed E-state index contributed by atoms with van der Waals surface area (Å²) in [7, 11) is -2.98. The van der Waals surface area contributed by atoms with Crippen LogP contribution in [0.25, 0.3) is 5.53 Å². The van der Waals surface area contributed by atoms with Gasteiger partial charge in [0.25, 0.3) is 0 Å². The molecule has 0 bridgehead atoms. The zero-order chi connectivity index (χ0) is 11.1. The van der Waals surface area contributed by atoms with Gasteiger partial charge in [0.05, 0.1) is 12.8 Å². The van der Waals surface area contributed by atoms with Gasteiger partial charge in [-0.3, -0.25) is 4.57 Å². The molecule has 80 valence electrons. The first-order valence-corrected chi connectivity index (χ1v) is 6.54. The van der Waals surface area contributed by atoms with Gasteiger partial charge in [0.15, 0.2) is 0 Å². The zero-order valence-electron chi connectivity index (χ0n) is 8.54. The molecule has 1 aromatic rings. The molecule has 0 aliphatic carbocycles. The average molecular weight is 224 g/mol. The van der Waals surface area contributed by atoms with Crippen molar-refractivity contribution in [2.24, 2.45) is 0 Å². The maximum atomic E-state index is 12.1. The van der Waals surface area contributed by atoms with Crippen LogP contribution in [0.3, 0.4) is 0 Å². The molecule has 0 saturated carbocycles. The number of hydrogen-bond acceptors (Lipinski definition) is 2. The van der Waals surface area contributed by atoms with Gasteiger partial charge in [0.1, 0.15) is 0 Å². The molecule has 0 aliphatic rings. The lowest BCUT2D eigenvalue weighted by atomic mass is 10.2. The molecule has 0 radical (unpaired) electrons. The van der Waals surface area contributed by atoms with Crippen molar-refractivity contribution in [1.29, 1.82) is 0 Å². The van der Waals surface area contributed by atoms with Crippen LogP contribution in [0.2, 0.25) is 0 Å². The summed E-state index contributed by atoms with van der Waals surface area (Å²) in [5.41, 5.74) is 9.32. The van der Waals surface area contributed by atoms with Gasteiger partial charge in [-0.25, -0.2) is 0 Å². The molecule has 5 heteroatoms. The minimum Gasteiger partial charge on any atom is -0.361 e. The average Bonchev–Trinajstić information content (AvgIpc) is 2.19. The molecule has 15 heavy (non-hydrogen) atoms. The number of rotatable bonds is 5. The van der Waals surface area contributed by atoms with Crippen LogP contribution < -0.4 is 0 Å². The first kappa shape index (κ1) is 11.9. The normalized spacial score (nSPS) is 13.9. The van der Waals surface area contributed by atoms with E-state index in [-0.39, 0.29) is 6.16 Å². The Balaban J connectivity index is 2.85. The van der Waals surface area contributed by atoms with Crippen molar-refractivity contribution in [3.63, 3.8) is 0 Å². The van der Waals surface area contributed by atoms with E-state index in [1.165, 1.54) is 0 Å². The standard InChI is InChI=1S/C10H13N2O2P/c1-2-14-15(13,9-12-11)8-10-6-4-3-5-7-10/h3-7,9H,2,8H2,1H3. The molecular weight excluding hydrogens is 211 g/mol. The molecule has 0 aromatic heterocycles. The van der Waals surface area contributed by atoms with E-state index in [0.29, 0.717) is 6.61 Å². The Hall–Kier alpha value is -1.21. The molecule has 0 spiro atoms. The third-order valence-corrected chi connectivity index (χ3v) is 3.78. The van der Waals surface area contributed by atoms with Crippen molar-refractivity contribution in [3.8, 4) is 0 Å². The molecule has 4 nitrogen and oxygen atoms in total. The maximum absolute atomic E-state index is 12.1. The molecule has 0 amide bonds. The van der Waals surface area contributed by atoms with Gasteiger partial charge < -0.3 is 10.1 Å². The summed E-state index contributed by atoms with van der Waals surface area (Å²) >= 11 is 0. The molecule has 0 heterocycles. The zero-order valence-corrected chi connectivity index (χ0v) is 9.43. The highest BCUT2D eigenvalue weighted by Gasteiger charge is 2.25. The molecule has 1 rings (SSSR count). The summed E-state index contributed by atoms with van der Waals surface area (Å²) in [6, 6.07) is 9.33. The van der Waals surface area contributed by atoms with E-state index in [1.807, 2.05) is 30.3 Å². The number of hydrogen-bond donors (Lipinski definition) is 0. The summed E-state index contributed by atoms with van der Waals surface area (Å²) in [5.74, 6) is 0.990. The maximum Gasteiger partial charge on any atom is 0.339 e. The summed E-state index contributed by atoms with van der Waals surface area (Å²) in [6.45, 7) is 2.08. The van der Waals surface area contributed by atoms with Crippen LogP contribution in [0.1, 0.15) is 12.5 Å².